The Bertz CT molecular complexity index is 1410. The van der Waals surface area contributed by atoms with E-state index in [0.29, 0.717) is 18.5 Å². The maximum absolute atomic E-state index is 12.9. The Morgan fingerprint density at radius 2 is 1.95 bits per heavy atom. The highest BCUT2D eigenvalue weighted by molar-refractivity contribution is 6.05. The number of hydrogen-bond donors (Lipinski definition) is 1. The molecule has 3 aliphatic heterocycles. The molecule has 0 aliphatic carbocycles. The van der Waals surface area contributed by atoms with Crippen LogP contribution >= 0.6 is 0 Å². The molecule has 2 saturated heterocycles. The van der Waals surface area contributed by atoms with Crippen molar-refractivity contribution in [3.8, 4) is 11.5 Å². The monoisotopic (exact) mass is 500 g/mol. The molecule has 9 heteroatoms. The summed E-state index contributed by atoms with van der Waals surface area (Å²) in [5.74, 6) is 0.612. The smallest absolute Gasteiger partial charge is 0.255 e. The normalized spacial score (nSPS) is 21.9. The Morgan fingerprint density at radius 3 is 2.78 bits per heavy atom. The van der Waals surface area contributed by atoms with Crippen LogP contribution in [0.1, 0.15) is 40.7 Å². The van der Waals surface area contributed by atoms with Gasteiger partial charge in [0.05, 0.1) is 18.8 Å². The van der Waals surface area contributed by atoms with Gasteiger partial charge in [-0.2, -0.15) is 0 Å². The van der Waals surface area contributed by atoms with E-state index in [2.05, 4.69) is 27.3 Å². The summed E-state index contributed by atoms with van der Waals surface area (Å²) in [7, 11) is 1.64. The average Bonchev–Trinajstić information content (AvgIpc) is 3.46. The summed E-state index contributed by atoms with van der Waals surface area (Å²) in [5.41, 5.74) is 3.60. The second-order valence-electron chi connectivity index (χ2n) is 9.88. The van der Waals surface area contributed by atoms with Crippen molar-refractivity contribution >= 4 is 28.6 Å². The number of nitrogens with zero attached hydrogens (tertiary/aromatic N) is 3. The molecule has 3 amide bonds. The average molecular weight is 501 g/mol. The molecule has 3 aromatic rings. The number of pyridine rings is 1. The number of carbonyl (C=O) groups excluding carboxylic acids is 3. The van der Waals surface area contributed by atoms with Gasteiger partial charge in [-0.25, -0.2) is 0 Å². The van der Waals surface area contributed by atoms with E-state index in [1.165, 1.54) is 5.56 Å². The standard InChI is InChI=1S/C28H28N4O5/c1-36-22-11-18-10-17(2-5-24(18)29-13-22)14-31-9-8-21(16-31)37-20-3-4-23-19(12-20)15-32(28(23)35)25-6-7-26(33)30-27(25)34/h2-5,10-13,21,25H,6-9,14-16H2,1H3,(H,30,33,34)/t21-,25?/m0/s1. The lowest BCUT2D eigenvalue weighted by atomic mass is 10.0. The van der Waals surface area contributed by atoms with E-state index in [0.717, 1.165) is 54.0 Å². The minimum atomic E-state index is -0.614. The molecule has 37 heavy (non-hydrogen) atoms. The molecule has 1 aromatic heterocycles. The van der Waals surface area contributed by atoms with Crippen molar-refractivity contribution in [2.24, 2.45) is 0 Å². The van der Waals surface area contributed by atoms with E-state index in [-0.39, 0.29) is 24.3 Å². The highest BCUT2D eigenvalue weighted by Gasteiger charge is 2.39. The molecule has 0 spiro atoms. The number of ether oxygens (including phenoxy) is 2. The maximum atomic E-state index is 12.9. The summed E-state index contributed by atoms with van der Waals surface area (Å²) in [5, 5.41) is 3.40. The van der Waals surface area contributed by atoms with Crippen molar-refractivity contribution in [2.75, 3.05) is 20.2 Å². The zero-order valence-corrected chi connectivity index (χ0v) is 20.6. The predicted octanol–water partition coefficient (Wildman–Crippen LogP) is 2.66. The lowest BCUT2D eigenvalue weighted by molar-refractivity contribution is -0.136. The third-order valence-corrected chi connectivity index (χ3v) is 7.39. The van der Waals surface area contributed by atoms with Crippen LogP contribution in [0.5, 0.6) is 11.5 Å². The first kappa shape index (κ1) is 23.4. The van der Waals surface area contributed by atoms with Crippen molar-refractivity contribution < 1.29 is 23.9 Å². The van der Waals surface area contributed by atoms with Crippen molar-refractivity contribution in [1.29, 1.82) is 0 Å². The molecule has 0 bridgehead atoms. The Hall–Kier alpha value is -3.98. The van der Waals surface area contributed by atoms with Crippen LogP contribution in [0.3, 0.4) is 0 Å². The van der Waals surface area contributed by atoms with Gasteiger partial charge in [-0.05, 0) is 60.4 Å². The summed E-state index contributed by atoms with van der Waals surface area (Å²) in [4.78, 5) is 45.0. The van der Waals surface area contributed by atoms with E-state index < -0.39 is 11.9 Å². The minimum Gasteiger partial charge on any atom is -0.495 e. The van der Waals surface area contributed by atoms with Gasteiger partial charge in [0.2, 0.25) is 11.8 Å². The van der Waals surface area contributed by atoms with E-state index in [1.54, 1.807) is 24.3 Å². The molecule has 6 rings (SSSR count). The van der Waals surface area contributed by atoms with Crippen LogP contribution < -0.4 is 14.8 Å². The van der Waals surface area contributed by atoms with Crippen molar-refractivity contribution in [3.05, 3.63) is 65.4 Å². The van der Waals surface area contributed by atoms with Crippen LogP contribution in [0.25, 0.3) is 10.9 Å². The van der Waals surface area contributed by atoms with E-state index >= 15 is 0 Å². The first-order valence-corrected chi connectivity index (χ1v) is 12.6. The van der Waals surface area contributed by atoms with Gasteiger partial charge in [-0.1, -0.05) is 6.07 Å². The number of methoxy groups -OCH3 is 1. The molecule has 190 valence electrons. The largest absolute Gasteiger partial charge is 0.495 e. The first-order valence-electron chi connectivity index (χ1n) is 12.6. The molecular formula is C28H28N4O5. The first-order chi connectivity index (χ1) is 18.0. The summed E-state index contributed by atoms with van der Waals surface area (Å²) >= 11 is 0. The predicted molar refractivity (Wildman–Crippen MR) is 135 cm³/mol. The number of hydrogen-bond acceptors (Lipinski definition) is 7. The summed E-state index contributed by atoms with van der Waals surface area (Å²) < 4.78 is 11.6. The highest BCUT2D eigenvalue weighted by atomic mass is 16.5. The Labute approximate surface area is 214 Å². The zero-order chi connectivity index (χ0) is 25.5. The molecule has 4 heterocycles. The number of amides is 3. The van der Waals surface area contributed by atoms with Crippen LogP contribution in [-0.4, -0.2) is 64.9 Å². The van der Waals surface area contributed by atoms with E-state index in [4.69, 9.17) is 9.47 Å². The van der Waals surface area contributed by atoms with Gasteiger partial charge >= 0.3 is 0 Å². The summed E-state index contributed by atoms with van der Waals surface area (Å²) in [6, 6.07) is 13.2. The van der Waals surface area contributed by atoms with Crippen LogP contribution in [-0.2, 0) is 22.7 Å². The Morgan fingerprint density at radius 1 is 1.05 bits per heavy atom. The quantitative estimate of drug-likeness (QED) is 0.520. The Kier molecular flexibility index (Phi) is 6.00. The molecule has 2 atom stereocenters. The molecule has 3 aliphatic rings. The summed E-state index contributed by atoms with van der Waals surface area (Å²) in [6.07, 6.45) is 3.30. The van der Waals surface area contributed by atoms with Crippen molar-refractivity contribution in [2.45, 2.75) is 44.5 Å². The number of carbonyl (C=O) groups is 3. The van der Waals surface area contributed by atoms with E-state index in [1.807, 2.05) is 24.3 Å². The number of likely N-dealkylation sites (tertiary alicyclic amines) is 1. The fourth-order valence-electron chi connectivity index (χ4n) is 5.48. The van der Waals surface area contributed by atoms with Gasteiger partial charge in [0.15, 0.2) is 0 Å². The van der Waals surface area contributed by atoms with Gasteiger partial charge in [0, 0.05) is 43.5 Å². The number of fused-ring (bicyclic) bond motifs is 2. The number of nitrogens with one attached hydrogen (secondary N) is 1. The lowest BCUT2D eigenvalue weighted by Gasteiger charge is -2.29. The molecule has 0 radical (unpaired) electrons. The second kappa shape index (κ2) is 9.48. The van der Waals surface area contributed by atoms with Gasteiger partial charge in [-0.3, -0.25) is 29.6 Å². The van der Waals surface area contributed by atoms with Gasteiger partial charge in [-0.15, -0.1) is 0 Å². The fraction of sp³-hybridized carbons (Fsp3) is 0.357. The summed E-state index contributed by atoms with van der Waals surface area (Å²) in [6.45, 7) is 2.92. The molecule has 2 fully saturated rings. The zero-order valence-electron chi connectivity index (χ0n) is 20.6. The van der Waals surface area contributed by atoms with Crippen LogP contribution in [0.15, 0.2) is 48.7 Å². The number of piperidine rings is 1. The number of benzene rings is 2. The second-order valence-corrected chi connectivity index (χ2v) is 9.88. The molecule has 9 nitrogen and oxygen atoms in total. The van der Waals surface area contributed by atoms with Crippen molar-refractivity contribution in [1.82, 2.24) is 20.1 Å². The van der Waals surface area contributed by atoms with Gasteiger partial charge in [0.1, 0.15) is 23.6 Å². The van der Waals surface area contributed by atoms with Gasteiger partial charge in [0.25, 0.3) is 5.91 Å². The van der Waals surface area contributed by atoms with Crippen LogP contribution in [0, 0.1) is 0 Å². The van der Waals surface area contributed by atoms with Crippen LogP contribution in [0.4, 0.5) is 0 Å². The molecule has 2 aromatic carbocycles. The molecular weight excluding hydrogens is 472 g/mol. The van der Waals surface area contributed by atoms with E-state index in [9.17, 15) is 14.4 Å². The molecule has 0 saturated carbocycles. The third-order valence-electron chi connectivity index (χ3n) is 7.39. The SMILES string of the molecule is COc1cnc2ccc(CN3CC[C@H](Oc4ccc5c(c4)CN(C4CCC(=O)NC4=O)C5=O)C3)cc2c1. The lowest BCUT2D eigenvalue weighted by Crippen LogP contribution is -2.52. The molecule has 1 N–H and O–H groups in total. The maximum Gasteiger partial charge on any atom is 0.255 e. The van der Waals surface area contributed by atoms with Crippen molar-refractivity contribution in [3.63, 3.8) is 0 Å². The Balaban J connectivity index is 1.08. The number of aromatic nitrogens is 1. The highest BCUT2D eigenvalue weighted by Crippen LogP contribution is 2.31. The van der Waals surface area contributed by atoms with Gasteiger partial charge < -0.3 is 14.4 Å². The molecule has 1 unspecified atom stereocenters. The minimum absolute atomic E-state index is 0.0589. The number of imide groups is 1. The topological polar surface area (TPSA) is 101 Å². The number of rotatable bonds is 6. The third kappa shape index (κ3) is 4.62. The fourth-order valence-corrected chi connectivity index (χ4v) is 5.48. The van der Waals surface area contributed by atoms with Crippen LogP contribution in [0.2, 0.25) is 0 Å².